The lowest BCUT2D eigenvalue weighted by Gasteiger charge is -2.19. The number of rotatable bonds is 8. The van der Waals surface area contributed by atoms with Crippen molar-refractivity contribution in [3.05, 3.63) is 47.5 Å². The molecule has 2 rings (SSSR count). The molecule has 0 aliphatic rings. The van der Waals surface area contributed by atoms with Crippen molar-refractivity contribution in [3.8, 4) is 0 Å². The summed E-state index contributed by atoms with van der Waals surface area (Å²) in [6.45, 7) is 6.76. The van der Waals surface area contributed by atoms with Crippen LogP contribution in [0.3, 0.4) is 0 Å². The van der Waals surface area contributed by atoms with E-state index in [4.69, 9.17) is 5.73 Å². The van der Waals surface area contributed by atoms with Gasteiger partial charge in [0.2, 0.25) is 5.91 Å². The number of amides is 1. The van der Waals surface area contributed by atoms with Crippen molar-refractivity contribution in [2.75, 3.05) is 20.1 Å². The molecule has 1 heterocycles. The molecule has 124 valence electrons. The standard InChI is InChI=1S/C17H25N5O/c1-4-21(3)11-13(2)17-19-16(10-15(18)23)20-22(17)12-14-8-6-5-7-9-14/h5-9,13H,4,10-12H2,1-3H3,(H2,18,23). The molecular formula is C17H25N5O. The minimum absolute atomic E-state index is 0.0745. The van der Waals surface area contributed by atoms with E-state index in [9.17, 15) is 4.79 Å². The summed E-state index contributed by atoms with van der Waals surface area (Å²) in [5.74, 6) is 1.20. The Labute approximate surface area is 137 Å². The zero-order chi connectivity index (χ0) is 16.8. The van der Waals surface area contributed by atoms with E-state index in [0.29, 0.717) is 12.4 Å². The topological polar surface area (TPSA) is 77.0 Å². The zero-order valence-corrected chi connectivity index (χ0v) is 14.1. The number of nitrogens with two attached hydrogens (primary N) is 1. The van der Waals surface area contributed by atoms with E-state index in [2.05, 4.69) is 48.0 Å². The molecule has 0 saturated heterocycles. The number of nitrogens with zero attached hydrogens (tertiary/aromatic N) is 4. The van der Waals surface area contributed by atoms with Crippen molar-refractivity contribution in [2.24, 2.45) is 5.73 Å². The molecule has 0 saturated carbocycles. The van der Waals surface area contributed by atoms with Crippen LogP contribution >= 0.6 is 0 Å². The zero-order valence-electron chi connectivity index (χ0n) is 14.1. The van der Waals surface area contributed by atoms with Crippen LogP contribution in [0.15, 0.2) is 30.3 Å². The fourth-order valence-corrected chi connectivity index (χ4v) is 2.55. The van der Waals surface area contributed by atoms with Gasteiger partial charge in [0, 0.05) is 12.5 Å². The summed E-state index contributed by atoms with van der Waals surface area (Å²) in [5, 5.41) is 4.49. The van der Waals surface area contributed by atoms with Gasteiger partial charge in [-0.05, 0) is 19.2 Å². The van der Waals surface area contributed by atoms with Gasteiger partial charge in [-0.2, -0.15) is 5.10 Å². The van der Waals surface area contributed by atoms with E-state index < -0.39 is 5.91 Å². The Morgan fingerprint density at radius 2 is 2.04 bits per heavy atom. The van der Waals surface area contributed by atoms with Gasteiger partial charge in [-0.15, -0.1) is 0 Å². The number of carbonyl (C=O) groups excluding carboxylic acids is 1. The first-order chi connectivity index (χ1) is 11.0. The van der Waals surface area contributed by atoms with Gasteiger partial charge in [0.05, 0.1) is 13.0 Å². The number of hydrogen-bond acceptors (Lipinski definition) is 4. The molecule has 0 aliphatic carbocycles. The normalized spacial score (nSPS) is 12.5. The second-order valence-electron chi connectivity index (χ2n) is 5.93. The first-order valence-corrected chi connectivity index (χ1v) is 7.94. The summed E-state index contributed by atoms with van der Waals surface area (Å²) < 4.78 is 1.89. The van der Waals surface area contributed by atoms with Crippen molar-refractivity contribution in [2.45, 2.75) is 32.7 Å². The molecule has 23 heavy (non-hydrogen) atoms. The number of benzene rings is 1. The predicted octanol–water partition coefficient (Wildman–Crippen LogP) is 1.41. The SMILES string of the molecule is CCN(C)CC(C)c1nc(CC(N)=O)nn1Cc1ccccc1. The van der Waals surface area contributed by atoms with Crippen LogP contribution in [0.2, 0.25) is 0 Å². The average molecular weight is 315 g/mol. The molecular weight excluding hydrogens is 290 g/mol. The first kappa shape index (κ1) is 17.1. The van der Waals surface area contributed by atoms with Gasteiger partial charge in [-0.3, -0.25) is 4.79 Å². The maximum absolute atomic E-state index is 11.2. The third kappa shape index (κ3) is 4.89. The van der Waals surface area contributed by atoms with Crippen LogP contribution in [-0.4, -0.2) is 45.7 Å². The molecule has 1 amide bonds. The molecule has 0 spiro atoms. The van der Waals surface area contributed by atoms with Crippen molar-refractivity contribution in [1.82, 2.24) is 19.7 Å². The van der Waals surface area contributed by atoms with Crippen LogP contribution in [0.4, 0.5) is 0 Å². The smallest absolute Gasteiger partial charge is 0.225 e. The Bertz CT molecular complexity index is 638. The molecule has 1 atom stereocenters. The first-order valence-electron chi connectivity index (χ1n) is 7.94. The van der Waals surface area contributed by atoms with E-state index in [-0.39, 0.29) is 12.3 Å². The summed E-state index contributed by atoms with van der Waals surface area (Å²) in [7, 11) is 2.08. The predicted molar refractivity (Wildman–Crippen MR) is 90.1 cm³/mol. The Kier molecular flexibility index (Phi) is 5.87. The third-order valence-electron chi connectivity index (χ3n) is 3.82. The molecule has 1 unspecified atom stereocenters. The lowest BCUT2D eigenvalue weighted by Crippen LogP contribution is -2.25. The van der Waals surface area contributed by atoms with Gasteiger partial charge < -0.3 is 10.6 Å². The van der Waals surface area contributed by atoms with Gasteiger partial charge in [-0.25, -0.2) is 9.67 Å². The van der Waals surface area contributed by atoms with E-state index in [0.717, 1.165) is 24.5 Å². The molecule has 0 fully saturated rings. The molecule has 2 aromatic rings. The lowest BCUT2D eigenvalue weighted by molar-refractivity contribution is -0.117. The second-order valence-corrected chi connectivity index (χ2v) is 5.93. The van der Waals surface area contributed by atoms with Crippen LogP contribution in [0.1, 0.15) is 37.0 Å². The fourth-order valence-electron chi connectivity index (χ4n) is 2.55. The second kappa shape index (κ2) is 7.87. The summed E-state index contributed by atoms with van der Waals surface area (Å²) in [6, 6.07) is 10.1. The van der Waals surface area contributed by atoms with Gasteiger partial charge in [0.15, 0.2) is 5.82 Å². The summed E-state index contributed by atoms with van der Waals surface area (Å²) in [5.41, 5.74) is 6.43. The van der Waals surface area contributed by atoms with Gasteiger partial charge >= 0.3 is 0 Å². The summed E-state index contributed by atoms with van der Waals surface area (Å²) >= 11 is 0. The highest BCUT2D eigenvalue weighted by Crippen LogP contribution is 2.16. The maximum atomic E-state index is 11.2. The Morgan fingerprint density at radius 3 is 2.65 bits per heavy atom. The minimum atomic E-state index is -0.410. The number of aromatic nitrogens is 3. The number of hydrogen-bond donors (Lipinski definition) is 1. The molecule has 2 N–H and O–H groups in total. The van der Waals surface area contributed by atoms with E-state index in [1.54, 1.807) is 0 Å². The van der Waals surface area contributed by atoms with E-state index in [1.807, 2.05) is 22.9 Å². The molecule has 0 bridgehead atoms. The summed E-state index contributed by atoms with van der Waals surface area (Å²) in [4.78, 5) is 18.0. The van der Waals surface area contributed by atoms with E-state index >= 15 is 0 Å². The number of primary amides is 1. The molecule has 6 heteroatoms. The van der Waals surface area contributed by atoms with Gasteiger partial charge in [0.1, 0.15) is 5.82 Å². The molecule has 1 aromatic carbocycles. The minimum Gasteiger partial charge on any atom is -0.369 e. The molecule has 0 radical (unpaired) electrons. The van der Waals surface area contributed by atoms with Gasteiger partial charge in [0.25, 0.3) is 0 Å². The van der Waals surface area contributed by atoms with Crippen molar-refractivity contribution in [3.63, 3.8) is 0 Å². The molecule has 6 nitrogen and oxygen atoms in total. The highest BCUT2D eigenvalue weighted by atomic mass is 16.1. The molecule has 0 aliphatic heterocycles. The lowest BCUT2D eigenvalue weighted by atomic mass is 10.1. The summed E-state index contributed by atoms with van der Waals surface area (Å²) in [6.07, 6.45) is 0.0745. The number of likely N-dealkylation sites (N-methyl/N-ethyl adjacent to an activating group) is 1. The Morgan fingerprint density at radius 1 is 1.35 bits per heavy atom. The average Bonchev–Trinajstić information content (AvgIpc) is 2.89. The van der Waals surface area contributed by atoms with Crippen LogP contribution in [0.5, 0.6) is 0 Å². The van der Waals surface area contributed by atoms with Crippen LogP contribution in [0, 0.1) is 0 Å². The fraction of sp³-hybridized carbons (Fsp3) is 0.471. The van der Waals surface area contributed by atoms with Gasteiger partial charge in [-0.1, -0.05) is 44.2 Å². The Balaban J connectivity index is 2.26. The third-order valence-corrected chi connectivity index (χ3v) is 3.82. The van der Waals surface area contributed by atoms with Crippen molar-refractivity contribution < 1.29 is 4.79 Å². The van der Waals surface area contributed by atoms with Crippen LogP contribution in [0.25, 0.3) is 0 Å². The highest BCUT2D eigenvalue weighted by molar-refractivity contribution is 5.75. The maximum Gasteiger partial charge on any atom is 0.225 e. The quantitative estimate of drug-likeness (QED) is 0.799. The van der Waals surface area contributed by atoms with Crippen molar-refractivity contribution in [1.29, 1.82) is 0 Å². The monoisotopic (exact) mass is 315 g/mol. The largest absolute Gasteiger partial charge is 0.369 e. The Hall–Kier alpha value is -2.21. The highest BCUT2D eigenvalue weighted by Gasteiger charge is 2.18. The van der Waals surface area contributed by atoms with Crippen LogP contribution < -0.4 is 5.73 Å². The van der Waals surface area contributed by atoms with E-state index in [1.165, 1.54) is 0 Å². The van der Waals surface area contributed by atoms with Crippen LogP contribution in [-0.2, 0) is 17.8 Å². The number of carbonyl (C=O) groups is 1. The molecule has 1 aromatic heterocycles. The van der Waals surface area contributed by atoms with Crippen molar-refractivity contribution >= 4 is 5.91 Å².